The van der Waals surface area contributed by atoms with Gasteiger partial charge in [-0.15, -0.1) is 0 Å². The average molecular weight is 277 g/mol. The number of carboxylic acid groups (broad SMARTS) is 1. The Morgan fingerprint density at radius 1 is 1.30 bits per heavy atom. The quantitative estimate of drug-likeness (QED) is 0.879. The number of aromatic hydroxyl groups is 1. The van der Waals surface area contributed by atoms with Gasteiger partial charge in [-0.2, -0.15) is 0 Å². The zero-order chi connectivity index (χ0) is 14.5. The van der Waals surface area contributed by atoms with Crippen LogP contribution in [0.25, 0.3) is 0 Å². The van der Waals surface area contributed by atoms with Crippen LogP contribution in [0.4, 0.5) is 0 Å². The van der Waals surface area contributed by atoms with E-state index in [4.69, 9.17) is 5.11 Å². The third-order valence-corrected chi connectivity index (χ3v) is 3.62. The molecule has 0 aromatic heterocycles. The molecule has 1 heterocycles. The third kappa shape index (κ3) is 3.73. The summed E-state index contributed by atoms with van der Waals surface area (Å²) in [6.07, 6.45) is 2.84. The molecule has 0 aliphatic carbocycles. The third-order valence-electron chi connectivity index (χ3n) is 3.62. The molecule has 1 unspecified atom stereocenters. The van der Waals surface area contributed by atoms with E-state index in [1.807, 2.05) is 0 Å². The largest absolute Gasteiger partial charge is 0.508 e. The molecule has 1 atom stereocenters. The van der Waals surface area contributed by atoms with E-state index in [0.717, 1.165) is 24.8 Å². The van der Waals surface area contributed by atoms with E-state index in [2.05, 4.69) is 0 Å². The minimum atomic E-state index is -0.868. The average Bonchev–Trinajstić information content (AvgIpc) is 2.38. The van der Waals surface area contributed by atoms with Crippen molar-refractivity contribution in [2.45, 2.75) is 38.1 Å². The number of nitrogens with zero attached hydrogens (tertiary/aromatic N) is 1. The van der Waals surface area contributed by atoms with Crippen LogP contribution >= 0.6 is 0 Å². The van der Waals surface area contributed by atoms with Crippen LogP contribution in [-0.2, 0) is 16.0 Å². The van der Waals surface area contributed by atoms with Gasteiger partial charge in [0.05, 0.1) is 12.8 Å². The first-order chi connectivity index (χ1) is 9.56. The summed E-state index contributed by atoms with van der Waals surface area (Å²) in [5.41, 5.74) is 0.745. The molecule has 1 aromatic rings. The van der Waals surface area contributed by atoms with E-state index in [1.165, 1.54) is 0 Å². The van der Waals surface area contributed by atoms with Crippen LogP contribution in [0.15, 0.2) is 24.3 Å². The smallest absolute Gasteiger partial charge is 0.305 e. The maximum atomic E-state index is 12.3. The summed E-state index contributed by atoms with van der Waals surface area (Å²) in [6.45, 7) is 0.621. The van der Waals surface area contributed by atoms with Crippen molar-refractivity contribution in [3.05, 3.63) is 29.8 Å². The topological polar surface area (TPSA) is 77.8 Å². The van der Waals surface area contributed by atoms with Crippen molar-refractivity contribution in [1.82, 2.24) is 4.90 Å². The molecular weight excluding hydrogens is 258 g/mol. The van der Waals surface area contributed by atoms with E-state index < -0.39 is 5.97 Å². The molecule has 1 aromatic carbocycles. The Labute approximate surface area is 117 Å². The van der Waals surface area contributed by atoms with Gasteiger partial charge in [-0.3, -0.25) is 9.59 Å². The zero-order valence-corrected chi connectivity index (χ0v) is 11.3. The number of carboxylic acids is 1. The number of carbonyl (C=O) groups excluding carboxylic acids is 1. The molecule has 1 amide bonds. The van der Waals surface area contributed by atoms with E-state index in [-0.39, 0.29) is 30.5 Å². The molecule has 5 nitrogen and oxygen atoms in total. The molecule has 2 N–H and O–H groups in total. The van der Waals surface area contributed by atoms with Crippen LogP contribution in [0.2, 0.25) is 0 Å². The van der Waals surface area contributed by atoms with Crippen LogP contribution in [0.3, 0.4) is 0 Å². The number of carbonyl (C=O) groups is 2. The van der Waals surface area contributed by atoms with Crippen molar-refractivity contribution in [2.75, 3.05) is 6.54 Å². The minimum absolute atomic E-state index is 0.00573. The zero-order valence-electron chi connectivity index (χ0n) is 11.3. The highest BCUT2D eigenvalue weighted by atomic mass is 16.4. The lowest BCUT2D eigenvalue weighted by atomic mass is 9.98. The van der Waals surface area contributed by atoms with E-state index >= 15 is 0 Å². The number of hydrogen-bond donors (Lipinski definition) is 2. The van der Waals surface area contributed by atoms with Crippen LogP contribution in [0.1, 0.15) is 31.2 Å². The number of rotatable bonds is 4. The van der Waals surface area contributed by atoms with Crippen molar-refractivity contribution in [3.63, 3.8) is 0 Å². The van der Waals surface area contributed by atoms with Crippen molar-refractivity contribution in [1.29, 1.82) is 0 Å². The van der Waals surface area contributed by atoms with Gasteiger partial charge in [0.2, 0.25) is 5.91 Å². The summed E-state index contributed by atoms with van der Waals surface area (Å²) >= 11 is 0. The molecule has 1 fully saturated rings. The first-order valence-electron chi connectivity index (χ1n) is 6.85. The maximum Gasteiger partial charge on any atom is 0.305 e. The number of hydrogen-bond acceptors (Lipinski definition) is 3. The van der Waals surface area contributed by atoms with Crippen LogP contribution in [-0.4, -0.2) is 39.6 Å². The van der Waals surface area contributed by atoms with Crippen molar-refractivity contribution >= 4 is 11.9 Å². The maximum absolute atomic E-state index is 12.3. The molecular formula is C15H19NO4. The van der Waals surface area contributed by atoms with Crippen molar-refractivity contribution in [3.8, 4) is 5.75 Å². The van der Waals surface area contributed by atoms with Crippen molar-refractivity contribution in [2.24, 2.45) is 0 Å². The molecule has 1 saturated heterocycles. The standard InChI is InChI=1S/C15H19NO4/c17-13-6-3-4-11(8-13)9-14(18)16-7-2-1-5-12(16)10-15(19)20/h3-4,6,8,12,17H,1-2,5,7,9-10H2,(H,19,20). The van der Waals surface area contributed by atoms with Gasteiger partial charge >= 0.3 is 5.97 Å². The predicted molar refractivity (Wildman–Crippen MR) is 73.4 cm³/mol. The number of likely N-dealkylation sites (tertiary alicyclic amines) is 1. The number of piperidine rings is 1. The Morgan fingerprint density at radius 2 is 2.10 bits per heavy atom. The molecule has 108 valence electrons. The number of benzene rings is 1. The van der Waals surface area contributed by atoms with Gasteiger partial charge in [0, 0.05) is 12.6 Å². The molecule has 1 aliphatic heterocycles. The number of aliphatic carboxylic acids is 1. The molecule has 5 heteroatoms. The lowest BCUT2D eigenvalue weighted by Crippen LogP contribution is -2.45. The lowest BCUT2D eigenvalue weighted by molar-refractivity contribution is -0.141. The van der Waals surface area contributed by atoms with Gasteiger partial charge in [-0.1, -0.05) is 12.1 Å². The van der Waals surface area contributed by atoms with Crippen LogP contribution < -0.4 is 0 Å². The highest BCUT2D eigenvalue weighted by molar-refractivity contribution is 5.80. The number of phenolic OH excluding ortho intramolecular Hbond substituents is 1. The first-order valence-corrected chi connectivity index (χ1v) is 6.85. The fourth-order valence-electron chi connectivity index (χ4n) is 2.69. The van der Waals surface area contributed by atoms with Crippen LogP contribution in [0.5, 0.6) is 5.75 Å². The normalized spacial score (nSPS) is 18.8. The Kier molecular flexibility index (Phi) is 4.61. The van der Waals surface area contributed by atoms with E-state index in [9.17, 15) is 14.7 Å². The number of phenols is 1. The van der Waals surface area contributed by atoms with E-state index in [1.54, 1.807) is 29.2 Å². The highest BCUT2D eigenvalue weighted by Crippen LogP contribution is 2.21. The molecule has 0 saturated carbocycles. The van der Waals surface area contributed by atoms with Gasteiger partial charge in [-0.05, 0) is 37.0 Å². The SMILES string of the molecule is O=C(O)CC1CCCCN1C(=O)Cc1cccc(O)c1. The molecule has 0 spiro atoms. The second-order valence-electron chi connectivity index (χ2n) is 5.18. The van der Waals surface area contributed by atoms with Gasteiger partial charge < -0.3 is 15.1 Å². The minimum Gasteiger partial charge on any atom is -0.508 e. The second kappa shape index (κ2) is 6.41. The summed E-state index contributed by atoms with van der Waals surface area (Å²) in [5.74, 6) is -0.801. The first kappa shape index (κ1) is 14.4. The summed E-state index contributed by atoms with van der Waals surface area (Å²) in [7, 11) is 0. The predicted octanol–water partition coefficient (Wildman–Crippen LogP) is 1.79. The van der Waals surface area contributed by atoms with E-state index in [0.29, 0.717) is 6.54 Å². The Bertz CT molecular complexity index is 500. The van der Waals surface area contributed by atoms with Gasteiger partial charge in [-0.25, -0.2) is 0 Å². The summed E-state index contributed by atoms with van der Waals surface area (Å²) in [4.78, 5) is 24.9. The van der Waals surface area contributed by atoms with Crippen LogP contribution in [0, 0.1) is 0 Å². The fraction of sp³-hybridized carbons (Fsp3) is 0.467. The van der Waals surface area contributed by atoms with Gasteiger partial charge in [0.25, 0.3) is 0 Å². The molecule has 1 aliphatic rings. The van der Waals surface area contributed by atoms with Crippen molar-refractivity contribution < 1.29 is 19.8 Å². The van der Waals surface area contributed by atoms with Gasteiger partial charge in [0.15, 0.2) is 0 Å². The Balaban J connectivity index is 2.04. The second-order valence-corrected chi connectivity index (χ2v) is 5.18. The monoisotopic (exact) mass is 277 g/mol. The Hall–Kier alpha value is -2.04. The fourth-order valence-corrected chi connectivity index (χ4v) is 2.69. The highest BCUT2D eigenvalue weighted by Gasteiger charge is 2.28. The number of amides is 1. The van der Waals surface area contributed by atoms with Gasteiger partial charge in [0.1, 0.15) is 5.75 Å². The summed E-state index contributed by atoms with van der Waals surface area (Å²) < 4.78 is 0. The molecule has 20 heavy (non-hydrogen) atoms. The Morgan fingerprint density at radius 3 is 2.80 bits per heavy atom. The lowest BCUT2D eigenvalue weighted by Gasteiger charge is -2.35. The molecule has 2 rings (SSSR count). The molecule has 0 bridgehead atoms. The summed E-state index contributed by atoms with van der Waals surface area (Å²) in [6, 6.07) is 6.40. The molecule has 0 radical (unpaired) electrons. The summed E-state index contributed by atoms with van der Waals surface area (Å²) in [5, 5.41) is 18.3.